The molecule has 0 aliphatic rings. The molecule has 1 aromatic rings. The van der Waals surface area contributed by atoms with Crippen LogP contribution in [0.15, 0.2) is 18.2 Å². The maximum atomic E-state index is 12.9. The summed E-state index contributed by atoms with van der Waals surface area (Å²) in [7, 11) is 0. The summed E-state index contributed by atoms with van der Waals surface area (Å²) < 4.78 is 18.2. The Bertz CT molecular complexity index is 258. The number of ether oxygens (including phenoxy) is 1. The number of halogens is 2. The topological polar surface area (TPSA) is 9.23 Å². The zero-order valence-corrected chi connectivity index (χ0v) is 13.5. The van der Waals surface area contributed by atoms with E-state index in [1.54, 1.807) is 12.1 Å². The van der Waals surface area contributed by atoms with Gasteiger partial charge in [-0.15, -0.1) is 12.1 Å². The second-order valence-corrected chi connectivity index (χ2v) is 2.91. The van der Waals surface area contributed by atoms with Gasteiger partial charge in [0.2, 0.25) is 0 Å². The van der Waals surface area contributed by atoms with Crippen LogP contribution in [0.2, 0.25) is 0 Å². The second-order valence-electron chi connectivity index (χ2n) is 2.91. The zero-order valence-electron chi connectivity index (χ0n) is 8.93. The summed E-state index contributed by atoms with van der Waals surface area (Å²) in [5.41, 5.74) is 0. The van der Waals surface area contributed by atoms with Gasteiger partial charge in [-0.1, -0.05) is 19.8 Å². The monoisotopic (exact) mass is 324 g/mol. The van der Waals surface area contributed by atoms with Crippen molar-refractivity contribution in [3.8, 4) is 5.75 Å². The van der Waals surface area contributed by atoms with E-state index in [9.17, 15) is 4.39 Å². The van der Waals surface area contributed by atoms with Crippen molar-refractivity contribution in [2.75, 3.05) is 6.61 Å². The predicted octanol–water partition coefficient (Wildman–Crippen LogP) is 4.04. The number of unbranched alkanes of at least 4 members (excludes halogenated alkanes) is 2. The summed E-state index contributed by atoms with van der Waals surface area (Å²) >= 11 is 4.25. The molecule has 0 aromatic heterocycles. The number of hydrogen-bond acceptors (Lipinski definition) is 1. The zero-order chi connectivity index (χ0) is 11.5. The van der Waals surface area contributed by atoms with E-state index in [0.717, 1.165) is 19.3 Å². The van der Waals surface area contributed by atoms with Crippen molar-refractivity contribution >= 4 is 13.6 Å². The third-order valence-corrected chi connectivity index (χ3v) is 1.78. The quantitative estimate of drug-likeness (QED) is 0.451. The van der Waals surface area contributed by atoms with E-state index in [0.29, 0.717) is 12.4 Å². The van der Waals surface area contributed by atoms with E-state index in [2.05, 4.69) is 26.6 Å². The van der Waals surface area contributed by atoms with E-state index in [-0.39, 0.29) is 5.82 Å². The van der Waals surface area contributed by atoms with Crippen LogP contribution in [-0.4, -0.2) is 6.61 Å². The minimum absolute atomic E-state index is 0.329. The predicted molar refractivity (Wildman–Crippen MR) is 59.2 cm³/mol. The standard InChI is InChI=1S/C11H14FO.BrH.Zn/c1-2-3-6-9-13-11-8-5-4-7-10(11)12;;/h5,7-8H,2-3,6,9H2,1H3;1H;/q-1;;+2/p-1. The Balaban J connectivity index is 0.000000921. The SMILES string of the molecule is CCCCCOc1cc[c-]cc1F.[Zn+][Br]. The molecule has 1 nitrogen and oxygen atoms in total. The van der Waals surface area contributed by atoms with Crippen LogP contribution in [0, 0.1) is 11.9 Å². The molecule has 0 aliphatic carbocycles. The molecule has 80 valence electrons. The Labute approximate surface area is 107 Å². The van der Waals surface area contributed by atoms with Crippen LogP contribution in [0.1, 0.15) is 26.2 Å². The average Bonchev–Trinajstić information content (AvgIpc) is 2.29. The number of hydrogen-bond donors (Lipinski definition) is 0. The van der Waals surface area contributed by atoms with E-state index in [1.807, 2.05) is 0 Å². The van der Waals surface area contributed by atoms with Crippen LogP contribution >= 0.6 is 13.6 Å². The summed E-state index contributed by atoms with van der Waals surface area (Å²) in [6.07, 6.45) is 3.25. The van der Waals surface area contributed by atoms with Crippen molar-refractivity contribution in [2.45, 2.75) is 26.2 Å². The second kappa shape index (κ2) is 10.6. The van der Waals surface area contributed by atoms with Gasteiger partial charge in [0.05, 0.1) is 6.61 Å². The molecule has 0 heterocycles. The van der Waals surface area contributed by atoms with Crippen molar-refractivity contribution in [3.05, 3.63) is 30.1 Å². The normalized spacial score (nSPS) is 9.13. The van der Waals surface area contributed by atoms with Gasteiger partial charge >= 0.3 is 30.0 Å². The molecule has 1 rings (SSSR count). The van der Waals surface area contributed by atoms with Crippen molar-refractivity contribution in [1.82, 2.24) is 0 Å². The van der Waals surface area contributed by atoms with Crippen LogP contribution < -0.4 is 4.74 Å². The van der Waals surface area contributed by atoms with Crippen molar-refractivity contribution in [2.24, 2.45) is 0 Å². The van der Waals surface area contributed by atoms with Crippen molar-refractivity contribution in [1.29, 1.82) is 0 Å². The van der Waals surface area contributed by atoms with Gasteiger partial charge < -0.3 is 4.74 Å². The van der Waals surface area contributed by atoms with Crippen LogP contribution in [0.4, 0.5) is 4.39 Å². The summed E-state index contributed by atoms with van der Waals surface area (Å²) in [5.74, 6) is -0.00569. The van der Waals surface area contributed by atoms with Crippen molar-refractivity contribution < 1.29 is 25.5 Å². The fourth-order valence-corrected chi connectivity index (χ4v) is 1.05. The van der Waals surface area contributed by atoms with Gasteiger partial charge in [-0.3, -0.25) is 4.39 Å². The van der Waals surface area contributed by atoms with Crippen LogP contribution in [0.25, 0.3) is 0 Å². The molecule has 0 amide bonds. The number of benzene rings is 1. The Morgan fingerprint density at radius 2 is 2.20 bits per heavy atom. The molecular formula is C11H14BrFOZn. The van der Waals surface area contributed by atoms with Gasteiger partial charge in [-0.2, -0.15) is 12.1 Å². The van der Waals surface area contributed by atoms with Gasteiger partial charge in [0, 0.05) is 11.6 Å². The fraction of sp³-hybridized carbons (Fsp3) is 0.455. The fourth-order valence-electron chi connectivity index (χ4n) is 1.05. The van der Waals surface area contributed by atoms with Crippen LogP contribution in [-0.2, 0) is 16.3 Å². The molecule has 4 heteroatoms. The van der Waals surface area contributed by atoms with Gasteiger partial charge in [-0.25, -0.2) is 0 Å². The molecule has 15 heavy (non-hydrogen) atoms. The van der Waals surface area contributed by atoms with Gasteiger partial charge in [-0.05, 0) is 6.42 Å². The molecule has 0 radical (unpaired) electrons. The first kappa shape index (κ1) is 15.1. The molecule has 0 aliphatic heterocycles. The Kier molecular flexibility index (Phi) is 10.6. The summed E-state index contributed by atoms with van der Waals surface area (Å²) in [6.45, 7) is 2.72. The molecule has 0 spiro atoms. The number of rotatable bonds is 5. The van der Waals surface area contributed by atoms with Gasteiger partial charge in [0.1, 0.15) is 0 Å². The summed E-state index contributed by atoms with van der Waals surface area (Å²) in [4.78, 5) is 0. The molecule has 0 N–H and O–H groups in total. The molecule has 0 bridgehead atoms. The van der Waals surface area contributed by atoms with Gasteiger partial charge in [0.25, 0.3) is 0 Å². The average molecular weight is 327 g/mol. The van der Waals surface area contributed by atoms with Gasteiger partial charge in [0.15, 0.2) is 0 Å². The van der Waals surface area contributed by atoms with E-state index in [1.165, 1.54) is 22.4 Å². The maximum absolute atomic E-state index is 12.9. The minimum atomic E-state index is -0.334. The summed E-state index contributed by atoms with van der Waals surface area (Å²) in [5, 5.41) is 0. The third kappa shape index (κ3) is 7.02. The third-order valence-electron chi connectivity index (χ3n) is 1.78. The molecule has 1 aromatic carbocycles. The van der Waals surface area contributed by atoms with Crippen molar-refractivity contribution in [3.63, 3.8) is 0 Å². The molecule has 0 unspecified atom stereocenters. The first-order valence-electron chi connectivity index (χ1n) is 4.89. The Hall–Kier alpha value is 0.0534. The van der Waals surface area contributed by atoms with E-state index >= 15 is 0 Å². The molecule has 0 fully saturated rings. The Morgan fingerprint density at radius 3 is 2.80 bits per heavy atom. The molecule has 0 atom stereocenters. The first-order valence-corrected chi connectivity index (χ1v) is 11.8. The Morgan fingerprint density at radius 1 is 1.47 bits per heavy atom. The summed E-state index contributed by atoms with van der Waals surface area (Å²) in [6, 6.07) is 7.18. The van der Waals surface area contributed by atoms with E-state index in [4.69, 9.17) is 4.74 Å². The molecular weight excluding hydrogens is 312 g/mol. The van der Waals surface area contributed by atoms with E-state index < -0.39 is 0 Å². The molecule has 0 saturated heterocycles. The van der Waals surface area contributed by atoms with Crippen LogP contribution in [0.3, 0.4) is 0 Å². The molecule has 0 saturated carbocycles. The first-order chi connectivity index (χ1) is 7.34. The van der Waals surface area contributed by atoms with Crippen LogP contribution in [0.5, 0.6) is 5.75 Å².